The number of rotatable bonds is 1. The van der Waals surface area contributed by atoms with Crippen LogP contribution in [0.1, 0.15) is 33.6 Å². The fourth-order valence-corrected chi connectivity index (χ4v) is 3.46. The van der Waals surface area contributed by atoms with Crippen molar-refractivity contribution in [2.45, 2.75) is 64.9 Å². The summed E-state index contributed by atoms with van der Waals surface area (Å²) in [5.74, 6) is 3.41. The highest BCUT2D eigenvalue weighted by atomic mass is 28.3. The Morgan fingerprint density at radius 2 is 1.83 bits per heavy atom. The van der Waals surface area contributed by atoms with Gasteiger partial charge in [0.1, 0.15) is 13.7 Å². The van der Waals surface area contributed by atoms with E-state index in [1.54, 1.807) is 0 Å². The number of hydrogen-bond donors (Lipinski definition) is 0. The van der Waals surface area contributed by atoms with E-state index in [0.29, 0.717) is 6.04 Å². The van der Waals surface area contributed by atoms with Crippen LogP contribution in [0.15, 0.2) is 11.6 Å². The molecule has 1 unspecified atom stereocenters. The van der Waals surface area contributed by atoms with E-state index in [9.17, 15) is 4.79 Å². The van der Waals surface area contributed by atoms with Crippen molar-refractivity contribution in [1.82, 2.24) is 9.80 Å². The molecule has 0 spiro atoms. The van der Waals surface area contributed by atoms with E-state index in [4.69, 9.17) is 4.74 Å². The van der Waals surface area contributed by atoms with Gasteiger partial charge in [-0.1, -0.05) is 31.6 Å². The number of piperazine rings is 1. The molecule has 0 radical (unpaired) electrons. The first-order valence-electron chi connectivity index (χ1n) is 8.99. The monoisotopic (exact) mass is 348 g/mol. The minimum absolute atomic E-state index is 0.189. The van der Waals surface area contributed by atoms with E-state index < -0.39 is 13.7 Å². The van der Waals surface area contributed by atoms with E-state index in [1.807, 2.05) is 25.7 Å². The van der Waals surface area contributed by atoms with Crippen LogP contribution in [0.4, 0.5) is 4.79 Å². The maximum absolute atomic E-state index is 12.1. The van der Waals surface area contributed by atoms with Crippen molar-refractivity contribution < 1.29 is 9.53 Å². The van der Waals surface area contributed by atoms with Crippen LogP contribution >= 0.6 is 0 Å². The molecule has 4 nitrogen and oxygen atoms in total. The Balaban J connectivity index is 1.86. The number of nitrogens with zero attached hydrogens (tertiary/aromatic N) is 2. The van der Waals surface area contributed by atoms with Gasteiger partial charge in [-0.15, -0.1) is 5.54 Å². The molecule has 2 aliphatic rings. The van der Waals surface area contributed by atoms with E-state index >= 15 is 0 Å². The van der Waals surface area contributed by atoms with Gasteiger partial charge in [-0.3, -0.25) is 4.90 Å². The first kappa shape index (κ1) is 19.1. The lowest BCUT2D eigenvalue weighted by atomic mass is 10.2. The van der Waals surface area contributed by atoms with Crippen molar-refractivity contribution in [2.24, 2.45) is 0 Å². The third-order valence-electron chi connectivity index (χ3n) is 4.14. The summed E-state index contributed by atoms with van der Waals surface area (Å²) >= 11 is 0. The van der Waals surface area contributed by atoms with E-state index in [1.165, 1.54) is 5.57 Å². The number of hydrogen-bond acceptors (Lipinski definition) is 3. The first-order chi connectivity index (χ1) is 11.0. The standard InChI is InChI=1S/C19H32N2O2Si/c1-19(2,3)23-18(22)21-12-10-20(11-13-21)17-8-7-16(15-17)9-14-24(4,5)6/h15,17H,7-8,10-13H2,1-6H3. The van der Waals surface area contributed by atoms with Crippen LogP contribution in [0.5, 0.6) is 0 Å². The molecule has 2 rings (SSSR count). The molecule has 1 heterocycles. The minimum Gasteiger partial charge on any atom is -0.444 e. The summed E-state index contributed by atoms with van der Waals surface area (Å²) in [5.41, 5.74) is 4.34. The highest BCUT2D eigenvalue weighted by molar-refractivity contribution is 6.83. The van der Waals surface area contributed by atoms with Crippen molar-refractivity contribution in [3.05, 3.63) is 11.6 Å². The SMILES string of the molecule is CC(C)(C)OC(=O)N1CCN(C2C=C(C#C[Si](C)(C)C)CC2)CC1. The largest absolute Gasteiger partial charge is 0.444 e. The molecule has 1 fully saturated rings. The van der Waals surface area contributed by atoms with Crippen molar-refractivity contribution in [3.8, 4) is 11.5 Å². The van der Waals surface area contributed by atoms with Crippen LogP contribution < -0.4 is 0 Å². The van der Waals surface area contributed by atoms with E-state index in [0.717, 1.165) is 39.0 Å². The third kappa shape index (κ3) is 5.99. The average molecular weight is 349 g/mol. The molecule has 5 heteroatoms. The van der Waals surface area contributed by atoms with E-state index in [2.05, 4.69) is 42.1 Å². The van der Waals surface area contributed by atoms with Crippen LogP contribution in [0.2, 0.25) is 19.6 Å². The summed E-state index contributed by atoms with van der Waals surface area (Å²) < 4.78 is 5.46. The van der Waals surface area contributed by atoms with Gasteiger partial charge in [0.15, 0.2) is 0 Å². The average Bonchev–Trinajstić information content (AvgIpc) is 2.92. The number of allylic oxidation sites excluding steroid dienone is 1. The predicted molar refractivity (Wildman–Crippen MR) is 102 cm³/mol. The van der Waals surface area contributed by atoms with Gasteiger partial charge in [-0.05, 0) is 39.2 Å². The summed E-state index contributed by atoms with van der Waals surface area (Å²) in [5, 5.41) is 0. The van der Waals surface area contributed by atoms with Gasteiger partial charge in [-0.25, -0.2) is 4.79 Å². The molecule has 134 valence electrons. The van der Waals surface area contributed by atoms with E-state index in [-0.39, 0.29) is 6.09 Å². The summed E-state index contributed by atoms with van der Waals surface area (Å²) in [6.45, 7) is 15.9. The molecule has 0 N–H and O–H groups in total. The highest BCUT2D eigenvalue weighted by Gasteiger charge is 2.29. The lowest BCUT2D eigenvalue weighted by Gasteiger charge is -2.37. The molecule has 0 aromatic rings. The zero-order chi connectivity index (χ0) is 18.0. The second kappa shape index (κ2) is 7.33. The maximum atomic E-state index is 12.1. The lowest BCUT2D eigenvalue weighted by molar-refractivity contribution is 0.0123. The number of ether oxygens (including phenoxy) is 1. The van der Waals surface area contributed by atoms with Gasteiger partial charge in [0.05, 0.1) is 0 Å². The molecule has 1 atom stereocenters. The molecule has 24 heavy (non-hydrogen) atoms. The van der Waals surface area contributed by atoms with Crippen LogP contribution in [0.3, 0.4) is 0 Å². The molecule has 0 aromatic heterocycles. The topological polar surface area (TPSA) is 32.8 Å². The molecule has 1 aliphatic heterocycles. The summed E-state index contributed by atoms with van der Waals surface area (Å²) in [4.78, 5) is 16.4. The number of amides is 1. The Bertz CT molecular complexity index is 553. The summed E-state index contributed by atoms with van der Waals surface area (Å²) in [6.07, 6.45) is 4.40. The highest BCUT2D eigenvalue weighted by Crippen LogP contribution is 2.24. The Hall–Kier alpha value is -1.25. The van der Waals surface area contributed by atoms with Gasteiger partial charge in [0.2, 0.25) is 0 Å². The van der Waals surface area contributed by atoms with Crippen LogP contribution in [0, 0.1) is 11.5 Å². The predicted octanol–water partition coefficient (Wildman–Crippen LogP) is 3.51. The van der Waals surface area contributed by atoms with Gasteiger partial charge in [-0.2, -0.15) is 0 Å². The number of carbonyl (C=O) groups excluding carboxylic acids is 1. The quantitative estimate of drug-likeness (QED) is 0.537. The van der Waals surface area contributed by atoms with Gasteiger partial charge in [0, 0.05) is 32.2 Å². The second-order valence-corrected chi connectivity index (χ2v) is 13.6. The molecule has 1 saturated heterocycles. The zero-order valence-corrected chi connectivity index (χ0v) is 17.1. The van der Waals surface area contributed by atoms with Gasteiger partial charge >= 0.3 is 6.09 Å². The Labute approximate surface area is 148 Å². The Morgan fingerprint density at radius 3 is 2.38 bits per heavy atom. The zero-order valence-electron chi connectivity index (χ0n) is 16.1. The van der Waals surface area contributed by atoms with Gasteiger partial charge in [0.25, 0.3) is 0 Å². The van der Waals surface area contributed by atoms with Gasteiger partial charge < -0.3 is 9.64 Å². The Morgan fingerprint density at radius 1 is 1.21 bits per heavy atom. The Kier molecular flexibility index (Phi) is 5.82. The van der Waals surface area contributed by atoms with Crippen LogP contribution in [-0.2, 0) is 4.74 Å². The number of carbonyl (C=O) groups is 1. The van der Waals surface area contributed by atoms with Crippen molar-refractivity contribution >= 4 is 14.2 Å². The lowest BCUT2D eigenvalue weighted by Crippen LogP contribution is -2.52. The third-order valence-corrected chi connectivity index (χ3v) is 5.01. The van der Waals surface area contributed by atoms with Crippen molar-refractivity contribution in [1.29, 1.82) is 0 Å². The summed E-state index contributed by atoms with van der Waals surface area (Å²) in [7, 11) is -1.30. The molecular formula is C19H32N2O2Si. The van der Waals surface area contributed by atoms with Crippen molar-refractivity contribution in [2.75, 3.05) is 26.2 Å². The van der Waals surface area contributed by atoms with Crippen LogP contribution in [-0.4, -0.2) is 61.8 Å². The molecule has 0 saturated carbocycles. The molecular weight excluding hydrogens is 316 g/mol. The second-order valence-electron chi connectivity index (χ2n) is 8.80. The fourth-order valence-electron chi connectivity index (χ4n) is 2.92. The summed E-state index contributed by atoms with van der Waals surface area (Å²) in [6, 6.07) is 0.483. The van der Waals surface area contributed by atoms with Crippen molar-refractivity contribution in [3.63, 3.8) is 0 Å². The fraction of sp³-hybridized carbons (Fsp3) is 0.737. The smallest absolute Gasteiger partial charge is 0.410 e. The molecule has 0 aromatic carbocycles. The van der Waals surface area contributed by atoms with Crippen LogP contribution in [0.25, 0.3) is 0 Å². The molecule has 1 amide bonds. The molecule has 1 aliphatic carbocycles. The minimum atomic E-state index is -1.30. The normalized spacial score (nSPS) is 22.7. The first-order valence-corrected chi connectivity index (χ1v) is 12.5. The maximum Gasteiger partial charge on any atom is 0.410 e. The molecule has 0 bridgehead atoms.